The van der Waals surface area contributed by atoms with Gasteiger partial charge in [0, 0.05) is 29.3 Å². The summed E-state index contributed by atoms with van der Waals surface area (Å²) in [5.74, 6) is -2.69. The Morgan fingerprint density at radius 1 is 0.824 bits per heavy atom. The maximum atomic E-state index is 15.1. The van der Waals surface area contributed by atoms with Gasteiger partial charge in [0.05, 0.1) is 24.3 Å². The summed E-state index contributed by atoms with van der Waals surface area (Å²) in [6, 6.07) is 29.3. The third-order valence-corrected chi connectivity index (χ3v) is 8.01. The first-order valence-electron chi connectivity index (χ1n) is 16.2. The number of benzene rings is 4. The molecule has 4 aromatic carbocycles. The molecular formula is C40H39F2N2NaO6. The normalized spacial score (nSPS) is 12.5. The molecule has 11 heteroatoms. The topological polar surface area (TPSA) is 112 Å². The zero-order valence-electron chi connectivity index (χ0n) is 29.6. The smallest absolute Gasteiger partial charge is 1.00 e. The fourth-order valence-electron chi connectivity index (χ4n) is 5.79. The number of carbonyl (C=O) groups excluding carboxylic acids is 1. The monoisotopic (exact) mass is 704 g/mol. The van der Waals surface area contributed by atoms with E-state index >= 15 is 4.79 Å². The molecule has 0 fully saturated rings. The summed E-state index contributed by atoms with van der Waals surface area (Å²) < 4.78 is 30.3. The van der Waals surface area contributed by atoms with E-state index in [4.69, 9.17) is 9.94 Å². The molecule has 5 rings (SSSR count). The summed E-state index contributed by atoms with van der Waals surface area (Å²) in [6.45, 7) is 3.82. The number of aliphatic hydroxyl groups is 2. The largest absolute Gasteiger partial charge is 1.00 e. The molecule has 51 heavy (non-hydrogen) atoms. The van der Waals surface area contributed by atoms with Gasteiger partial charge in [0.2, 0.25) is 0 Å². The number of hydrogen-bond acceptors (Lipinski definition) is 5. The maximum absolute atomic E-state index is 15.1. The Hall–Kier alpha value is -4.42. The van der Waals surface area contributed by atoms with Crippen molar-refractivity contribution >= 4 is 23.6 Å². The van der Waals surface area contributed by atoms with Crippen LogP contribution in [0.3, 0.4) is 0 Å². The molecule has 0 aliphatic carbocycles. The molecule has 0 aliphatic rings. The Morgan fingerprint density at radius 3 is 1.88 bits per heavy atom. The summed E-state index contributed by atoms with van der Waals surface area (Å²) in [5.41, 5.74) is 3.87. The molecule has 1 heterocycles. The Morgan fingerprint density at radius 2 is 1.35 bits per heavy atom. The van der Waals surface area contributed by atoms with E-state index in [1.165, 1.54) is 35.4 Å². The zero-order valence-corrected chi connectivity index (χ0v) is 30.6. The van der Waals surface area contributed by atoms with Crippen molar-refractivity contribution in [1.29, 1.82) is 0 Å². The maximum Gasteiger partial charge on any atom is 1.00 e. The SMILES string of the molecule is CC(C)n1c(C=C[C@@H](O)C[C@@H](O)CC(=O)O)c(-c2ccc(F)cc2)c(-c2ccc(F)cc2)c1C(=O)N(OCc1ccccc1)c1ccccc1.[H-].[Na+]. The van der Waals surface area contributed by atoms with Crippen LogP contribution in [0.25, 0.3) is 28.3 Å². The van der Waals surface area contributed by atoms with Crippen molar-refractivity contribution < 1.29 is 69.5 Å². The van der Waals surface area contributed by atoms with E-state index < -0.39 is 42.1 Å². The van der Waals surface area contributed by atoms with E-state index in [1.807, 2.05) is 50.2 Å². The van der Waals surface area contributed by atoms with E-state index in [-0.39, 0.29) is 55.7 Å². The van der Waals surface area contributed by atoms with Gasteiger partial charge < -0.3 is 21.3 Å². The van der Waals surface area contributed by atoms with Crippen molar-refractivity contribution in [3.05, 3.63) is 144 Å². The number of para-hydroxylation sites is 1. The van der Waals surface area contributed by atoms with E-state index in [1.54, 1.807) is 59.2 Å². The average molecular weight is 705 g/mol. The number of carboxylic acids is 1. The second-order valence-corrected chi connectivity index (χ2v) is 12.1. The number of anilines is 1. The number of rotatable bonds is 14. The van der Waals surface area contributed by atoms with Gasteiger partial charge in [-0.25, -0.2) is 8.78 Å². The Kier molecular flexibility index (Phi) is 14.0. The number of amides is 1. The fourth-order valence-corrected chi connectivity index (χ4v) is 5.79. The Bertz CT molecular complexity index is 1940. The van der Waals surface area contributed by atoms with E-state index in [9.17, 15) is 23.8 Å². The van der Waals surface area contributed by atoms with Gasteiger partial charge in [-0.2, -0.15) is 5.06 Å². The van der Waals surface area contributed by atoms with Crippen molar-refractivity contribution in [3.63, 3.8) is 0 Å². The minimum atomic E-state index is -1.30. The van der Waals surface area contributed by atoms with Crippen molar-refractivity contribution in [3.8, 4) is 22.3 Å². The first-order valence-corrected chi connectivity index (χ1v) is 16.2. The van der Waals surface area contributed by atoms with Crippen LogP contribution >= 0.6 is 0 Å². The minimum absolute atomic E-state index is 0. The molecular weight excluding hydrogens is 665 g/mol. The molecule has 1 amide bonds. The van der Waals surface area contributed by atoms with Crippen molar-refractivity contribution in [2.45, 2.75) is 51.5 Å². The fraction of sp³-hybridized carbons (Fsp3) is 0.200. The summed E-state index contributed by atoms with van der Waals surface area (Å²) in [4.78, 5) is 32.4. The number of aliphatic carboxylic acids is 1. The number of hydrogen-bond donors (Lipinski definition) is 3. The van der Waals surface area contributed by atoms with Gasteiger partial charge in [-0.3, -0.25) is 14.4 Å². The molecule has 5 aromatic rings. The van der Waals surface area contributed by atoms with Crippen molar-refractivity contribution in [1.82, 2.24) is 4.57 Å². The third kappa shape index (κ3) is 9.89. The van der Waals surface area contributed by atoms with Crippen LogP contribution in [0.1, 0.15) is 55.9 Å². The molecule has 0 bridgehead atoms. The van der Waals surface area contributed by atoms with Crippen LogP contribution in [-0.2, 0) is 16.2 Å². The number of carboxylic acid groups (broad SMARTS) is 1. The number of aliphatic hydroxyl groups excluding tert-OH is 2. The number of carbonyl (C=O) groups is 2. The summed E-state index contributed by atoms with van der Waals surface area (Å²) in [5, 5.41) is 31.3. The second kappa shape index (κ2) is 18.2. The van der Waals surface area contributed by atoms with Gasteiger partial charge >= 0.3 is 35.5 Å². The predicted octanol–water partition coefficient (Wildman–Crippen LogP) is 5.18. The van der Waals surface area contributed by atoms with Crippen LogP contribution in [0.15, 0.2) is 115 Å². The van der Waals surface area contributed by atoms with Gasteiger partial charge in [0.15, 0.2) is 0 Å². The molecule has 260 valence electrons. The van der Waals surface area contributed by atoms with Gasteiger partial charge in [-0.05, 0) is 73.0 Å². The van der Waals surface area contributed by atoms with E-state index in [0.29, 0.717) is 33.6 Å². The third-order valence-electron chi connectivity index (χ3n) is 8.01. The molecule has 0 aliphatic heterocycles. The van der Waals surface area contributed by atoms with Crippen LogP contribution in [0.5, 0.6) is 0 Å². The van der Waals surface area contributed by atoms with Crippen LogP contribution in [0, 0.1) is 11.6 Å². The quantitative estimate of drug-likeness (QED) is 0.109. The van der Waals surface area contributed by atoms with Crippen molar-refractivity contribution in [2.75, 3.05) is 5.06 Å². The minimum Gasteiger partial charge on any atom is -1.00 e. The summed E-state index contributed by atoms with van der Waals surface area (Å²) in [6.07, 6.45) is -0.324. The van der Waals surface area contributed by atoms with Gasteiger partial charge in [0.25, 0.3) is 5.91 Å². The molecule has 0 spiro atoms. The summed E-state index contributed by atoms with van der Waals surface area (Å²) >= 11 is 0. The molecule has 8 nitrogen and oxygen atoms in total. The number of aromatic nitrogens is 1. The van der Waals surface area contributed by atoms with Crippen LogP contribution in [-0.4, -0.2) is 44.0 Å². The molecule has 2 atom stereocenters. The van der Waals surface area contributed by atoms with Gasteiger partial charge in [-0.15, -0.1) is 0 Å². The number of nitrogens with zero attached hydrogens (tertiary/aromatic N) is 2. The van der Waals surface area contributed by atoms with E-state index in [2.05, 4.69) is 0 Å². The predicted molar refractivity (Wildman–Crippen MR) is 189 cm³/mol. The van der Waals surface area contributed by atoms with Crippen LogP contribution < -0.4 is 34.6 Å². The van der Waals surface area contributed by atoms with E-state index in [0.717, 1.165) is 5.56 Å². The van der Waals surface area contributed by atoms with Crippen molar-refractivity contribution in [2.24, 2.45) is 0 Å². The molecule has 3 N–H and O–H groups in total. The number of hydroxylamine groups is 1. The zero-order chi connectivity index (χ0) is 35.8. The molecule has 0 saturated heterocycles. The number of halogens is 2. The molecule has 1 aromatic heterocycles. The van der Waals surface area contributed by atoms with Crippen LogP contribution in [0.2, 0.25) is 0 Å². The molecule has 0 unspecified atom stereocenters. The first kappa shape index (κ1) is 39.4. The van der Waals surface area contributed by atoms with Crippen LogP contribution in [0.4, 0.5) is 14.5 Å². The standard InChI is InChI=1S/C40H38F2N2O6.Na.H/c1-26(2)43-35(22-21-33(45)23-34(46)24-36(47)48)37(28-13-17-30(41)18-14-28)38(29-15-19-31(42)20-16-29)39(43)40(49)44(32-11-7-4-8-12-32)50-25-27-9-5-3-6-10-27;;/h3-22,26,33-34,45-46H,23-25H2,1-2H3,(H,47,48);;/q;+1;-1/t33-,34-;;/m1../s1. The molecule has 0 radical (unpaired) electrons. The second-order valence-electron chi connectivity index (χ2n) is 12.1. The van der Waals surface area contributed by atoms with Gasteiger partial charge in [0.1, 0.15) is 23.9 Å². The first-order chi connectivity index (χ1) is 24.0. The molecule has 0 saturated carbocycles. The average Bonchev–Trinajstić information content (AvgIpc) is 3.44. The van der Waals surface area contributed by atoms with Gasteiger partial charge in [-0.1, -0.05) is 78.9 Å². The summed E-state index contributed by atoms with van der Waals surface area (Å²) in [7, 11) is 0. The Labute approximate surface area is 319 Å². The Balaban J connectivity index is 0.00000364.